The zero-order chi connectivity index (χ0) is 21.5. The molecule has 0 radical (unpaired) electrons. The zero-order valence-electron chi connectivity index (χ0n) is 20.9. The normalized spacial score (nSPS) is 12.0. The maximum Gasteiger partial charge on any atom is 0.334 e. The van der Waals surface area contributed by atoms with Crippen molar-refractivity contribution in [3.8, 4) is 0 Å². The van der Waals surface area contributed by atoms with Crippen LogP contribution in [-0.4, -0.2) is 21.8 Å². The Balaban J connectivity index is 3.37. The first-order valence-corrected chi connectivity index (χ1v) is 16.0. The highest BCUT2D eigenvalue weighted by Crippen LogP contribution is 2.20. The maximum absolute atomic E-state index is 6.13. The second-order valence-electron chi connectivity index (χ2n) is 9.24. The second-order valence-corrected chi connectivity index (χ2v) is 12.6. The molecule has 0 aliphatic heterocycles. The summed E-state index contributed by atoms with van der Waals surface area (Å²) in [7, 11) is -1.90. The first-order valence-electron chi connectivity index (χ1n) is 13.5. The van der Waals surface area contributed by atoms with Gasteiger partial charge in [0.2, 0.25) is 0 Å². The Labute approximate surface area is 186 Å². The van der Waals surface area contributed by atoms with Gasteiger partial charge in [0.1, 0.15) is 0 Å². The quantitative estimate of drug-likeness (QED) is 0.112. The van der Waals surface area contributed by atoms with E-state index in [2.05, 4.69) is 27.3 Å². The lowest BCUT2D eigenvalue weighted by molar-refractivity contribution is 0.172. The van der Waals surface area contributed by atoms with E-state index in [0.717, 1.165) is 26.1 Å². The van der Waals surface area contributed by atoms with Crippen LogP contribution in [0.2, 0.25) is 12.6 Å². The van der Waals surface area contributed by atoms with Crippen molar-refractivity contribution in [3.05, 3.63) is 0 Å². The number of rotatable bonds is 24. The monoisotopic (exact) mass is 428 g/mol. The summed E-state index contributed by atoms with van der Waals surface area (Å²) in [5, 5.41) is 0. The van der Waals surface area contributed by atoms with E-state index in [1.54, 1.807) is 0 Å². The summed E-state index contributed by atoms with van der Waals surface area (Å²) in [5.41, 5.74) is 0. The lowest BCUT2D eigenvalue weighted by atomic mass is 10.0. The number of hydrogen-bond acceptors (Lipinski definition) is 2. The molecular weight excluding hydrogens is 372 g/mol. The fourth-order valence-electron chi connectivity index (χ4n) is 3.99. The highest BCUT2D eigenvalue weighted by atomic mass is 28.4. The average Bonchev–Trinajstić information content (AvgIpc) is 2.73. The van der Waals surface area contributed by atoms with Crippen LogP contribution in [-0.2, 0) is 8.85 Å². The van der Waals surface area contributed by atoms with Crippen molar-refractivity contribution in [1.82, 2.24) is 0 Å². The number of unbranched alkanes of at least 4 members (excludes halogenated alkanes) is 16. The molecule has 3 heteroatoms. The zero-order valence-corrected chi connectivity index (χ0v) is 21.9. The molecule has 0 aliphatic rings. The third kappa shape index (κ3) is 21.2. The van der Waals surface area contributed by atoms with E-state index in [1.165, 1.54) is 115 Å². The van der Waals surface area contributed by atoms with Crippen LogP contribution in [0, 0.1) is 0 Å². The summed E-state index contributed by atoms with van der Waals surface area (Å²) in [6, 6.07) is 1.17. The van der Waals surface area contributed by atoms with Gasteiger partial charge in [-0.1, -0.05) is 130 Å². The van der Waals surface area contributed by atoms with Crippen molar-refractivity contribution in [1.29, 1.82) is 0 Å². The van der Waals surface area contributed by atoms with Gasteiger partial charge >= 0.3 is 8.56 Å². The van der Waals surface area contributed by atoms with Crippen LogP contribution in [0.3, 0.4) is 0 Å². The van der Waals surface area contributed by atoms with Gasteiger partial charge in [-0.25, -0.2) is 0 Å². The Morgan fingerprint density at radius 1 is 0.414 bits per heavy atom. The molecular formula is C26H56O2Si. The maximum atomic E-state index is 6.13. The van der Waals surface area contributed by atoms with Crippen LogP contribution < -0.4 is 0 Å². The van der Waals surface area contributed by atoms with Gasteiger partial charge in [-0.15, -0.1) is 0 Å². The summed E-state index contributed by atoms with van der Waals surface area (Å²) in [6.45, 7) is 10.7. The molecule has 0 unspecified atom stereocenters. The van der Waals surface area contributed by atoms with Crippen molar-refractivity contribution in [2.24, 2.45) is 0 Å². The third-order valence-electron chi connectivity index (χ3n) is 5.96. The molecule has 0 aromatic heterocycles. The fraction of sp³-hybridized carbons (Fsp3) is 1.00. The lowest BCUT2D eigenvalue weighted by Gasteiger charge is -2.27. The standard InChI is InChI=1S/C26H56O2Si/c1-5-8-9-10-11-12-13-14-15-16-17-18-19-20-21-22-23-26-29(4,27-24-6-2)28-25-7-3/h5-26H2,1-4H3. The van der Waals surface area contributed by atoms with E-state index in [-0.39, 0.29) is 0 Å². The van der Waals surface area contributed by atoms with E-state index in [0.29, 0.717) is 0 Å². The molecule has 0 atom stereocenters. The molecule has 0 saturated carbocycles. The van der Waals surface area contributed by atoms with E-state index < -0.39 is 8.56 Å². The van der Waals surface area contributed by atoms with E-state index in [9.17, 15) is 0 Å². The van der Waals surface area contributed by atoms with Crippen LogP contribution in [0.5, 0.6) is 0 Å². The highest BCUT2D eigenvalue weighted by molar-refractivity contribution is 6.66. The molecule has 29 heavy (non-hydrogen) atoms. The predicted molar refractivity (Wildman–Crippen MR) is 133 cm³/mol. The van der Waals surface area contributed by atoms with E-state index in [4.69, 9.17) is 8.85 Å². The summed E-state index contributed by atoms with van der Waals surface area (Å²) >= 11 is 0. The summed E-state index contributed by atoms with van der Waals surface area (Å²) in [5.74, 6) is 0. The smallest absolute Gasteiger partial charge is 0.334 e. The van der Waals surface area contributed by atoms with Gasteiger partial charge in [0, 0.05) is 13.2 Å². The SMILES string of the molecule is CCCCCCCCCCCCCCCCCCC[Si](C)(OCCC)OCCC. The summed E-state index contributed by atoms with van der Waals surface area (Å²) in [4.78, 5) is 0. The topological polar surface area (TPSA) is 18.5 Å². The molecule has 0 spiro atoms. The van der Waals surface area contributed by atoms with Crippen LogP contribution in [0.4, 0.5) is 0 Å². The van der Waals surface area contributed by atoms with Crippen molar-refractivity contribution < 1.29 is 8.85 Å². The summed E-state index contributed by atoms with van der Waals surface area (Å²) in [6.07, 6.45) is 26.5. The molecule has 0 fully saturated rings. The molecule has 0 aromatic rings. The molecule has 0 heterocycles. The van der Waals surface area contributed by atoms with Crippen LogP contribution in [0.1, 0.15) is 143 Å². The second kappa shape index (κ2) is 22.8. The lowest BCUT2D eigenvalue weighted by Crippen LogP contribution is -2.39. The van der Waals surface area contributed by atoms with Crippen molar-refractivity contribution in [3.63, 3.8) is 0 Å². The molecule has 176 valence electrons. The molecule has 0 saturated heterocycles. The molecule has 2 nitrogen and oxygen atoms in total. The Bertz CT molecular complexity index is 301. The van der Waals surface area contributed by atoms with Gasteiger partial charge in [0.05, 0.1) is 0 Å². The van der Waals surface area contributed by atoms with Crippen LogP contribution in [0.25, 0.3) is 0 Å². The molecule has 0 aliphatic carbocycles. The van der Waals surface area contributed by atoms with Crippen molar-refractivity contribution in [2.45, 2.75) is 155 Å². The van der Waals surface area contributed by atoms with E-state index >= 15 is 0 Å². The molecule has 0 amide bonds. The van der Waals surface area contributed by atoms with E-state index in [1.807, 2.05) is 0 Å². The van der Waals surface area contributed by atoms with Crippen molar-refractivity contribution in [2.75, 3.05) is 13.2 Å². The van der Waals surface area contributed by atoms with Gasteiger partial charge in [-0.2, -0.15) is 0 Å². The van der Waals surface area contributed by atoms with Crippen molar-refractivity contribution >= 4 is 8.56 Å². The van der Waals surface area contributed by atoms with Gasteiger partial charge in [-0.3, -0.25) is 0 Å². The Morgan fingerprint density at radius 2 is 0.724 bits per heavy atom. The predicted octanol–water partition coefficient (Wildman–Crippen LogP) is 9.56. The fourth-order valence-corrected chi connectivity index (χ4v) is 6.53. The minimum absolute atomic E-state index is 0.866. The van der Waals surface area contributed by atoms with Gasteiger partial charge < -0.3 is 8.85 Å². The number of hydrogen-bond donors (Lipinski definition) is 0. The molecule has 0 bridgehead atoms. The van der Waals surface area contributed by atoms with Crippen LogP contribution >= 0.6 is 0 Å². The first kappa shape index (κ1) is 29.1. The first-order chi connectivity index (χ1) is 14.2. The van der Waals surface area contributed by atoms with Gasteiger partial charge in [0.15, 0.2) is 0 Å². The Morgan fingerprint density at radius 3 is 1.03 bits per heavy atom. The molecule has 0 rings (SSSR count). The van der Waals surface area contributed by atoms with Crippen LogP contribution in [0.15, 0.2) is 0 Å². The van der Waals surface area contributed by atoms with Gasteiger partial charge in [-0.05, 0) is 25.4 Å². The average molecular weight is 429 g/mol. The van der Waals surface area contributed by atoms with Gasteiger partial charge in [0.25, 0.3) is 0 Å². The largest absolute Gasteiger partial charge is 0.394 e. The molecule has 0 N–H and O–H groups in total. The Kier molecular flexibility index (Phi) is 22.9. The molecule has 0 aromatic carbocycles. The Hall–Kier alpha value is 0.137. The highest BCUT2D eigenvalue weighted by Gasteiger charge is 2.30. The minimum Gasteiger partial charge on any atom is -0.394 e. The summed E-state index contributed by atoms with van der Waals surface area (Å²) < 4.78 is 12.3. The third-order valence-corrected chi connectivity index (χ3v) is 8.85. The minimum atomic E-state index is -1.90.